The molecule has 0 saturated heterocycles. The molecule has 0 aliphatic rings. The maximum atomic E-state index is 9.87. The van der Waals surface area contributed by atoms with E-state index in [9.17, 15) is 5.11 Å². The molecular formula is C14H13NO. The maximum absolute atomic E-state index is 9.87. The van der Waals surface area contributed by atoms with Gasteiger partial charge in [-0.25, -0.2) is 0 Å². The summed E-state index contributed by atoms with van der Waals surface area (Å²) in [5.41, 5.74) is 1.73. The molecule has 1 heterocycles. The van der Waals surface area contributed by atoms with Crippen LogP contribution in [0.2, 0.25) is 0 Å². The second-order valence-electron chi connectivity index (χ2n) is 3.47. The Kier molecular flexibility index (Phi) is 3.46. The molecule has 2 heteroatoms. The van der Waals surface area contributed by atoms with E-state index in [2.05, 4.69) is 4.98 Å². The minimum atomic E-state index is -0.580. The van der Waals surface area contributed by atoms with Crippen molar-refractivity contribution in [2.75, 3.05) is 0 Å². The summed E-state index contributed by atoms with van der Waals surface area (Å²) in [5.74, 6) is 0. The summed E-state index contributed by atoms with van der Waals surface area (Å²) in [6.07, 6.45) is 4.70. The molecule has 0 amide bonds. The van der Waals surface area contributed by atoms with E-state index in [-0.39, 0.29) is 0 Å². The van der Waals surface area contributed by atoms with E-state index >= 15 is 0 Å². The van der Waals surface area contributed by atoms with Crippen molar-refractivity contribution >= 4 is 6.08 Å². The van der Waals surface area contributed by atoms with Gasteiger partial charge in [0.25, 0.3) is 0 Å². The number of hydrogen-bond donors (Lipinski definition) is 1. The Morgan fingerprint density at radius 3 is 2.44 bits per heavy atom. The second-order valence-corrected chi connectivity index (χ2v) is 3.47. The van der Waals surface area contributed by atoms with Crippen LogP contribution in [0.3, 0.4) is 0 Å². The normalized spacial score (nSPS) is 12.8. The van der Waals surface area contributed by atoms with Crippen molar-refractivity contribution in [3.63, 3.8) is 0 Å². The molecule has 80 valence electrons. The van der Waals surface area contributed by atoms with Gasteiger partial charge in [-0.05, 0) is 29.8 Å². The molecule has 1 unspecified atom stereocenters. The van der Waals surface area contributed by atoms with Gasteiger partial charge >= 0.3 is 0 Å². The smallest absolute Gasteiger partial charge is 0.0975 e. The quantitative estimate of drug-likeness (QED) is 0.846. The first-order valence-corrected chi connectivity index (χ1v) is 5.18. The molecule has 1 aromatic carbocycles. The van der Waals surface area contributed by atoms with Gasteiger partial charge in [0.15, 0.2) is 0 Å². The molecule has 0 bridgehead atoms. The lowest BCUT2D eigenvalue weighted by Gasteiger charge is -2.04. The van der Waals surface area contributed by atoms with Crippen LogP contribution in [0.4, 0.5) is 0 Å². The Morgan fingerprint density at radius 2 is 1.75 bits per heavy atom. The molecule has 2 rings (SSSR count). The number of nitrogens with zero attached hydrogens (tertiary/aromatic N) is 1. The number of hydrogen-bond acceptors (Lipinski definition) is 2. The highest BCUT2D eigenvalue weighted by molar-refractivity contribution is 5.45. The minimum absolute atomic E-state index is 0.580. The third-order valence-corrected chi connectivity index (χ3v) is 2.28. The lowest BCUT2D eigenvalue weighted by molar-refractivity contribution is 0.229. The molecular weight excluding hydrogens is 198 g/mol. The van der Waals surface area contributed by atoms with Gasteiger partial charge in [0.1, 0.15) is 0 Å². The number of aliphatic hydroxyl groups excluding tert-OH is 1. The predicted octanol–water partition coefficient (Wildman–Crippen LogP) is 2.83. The third-order valence-electron chi connectivity index (χ3n) is 2.28. The first-order valence-electron chi connectivity index (χ1n) is 5.18. The average molecular weight is 211 g/mol. The summed E-state index contributed by atoms with van der Waals surface area (Å²) in [6, 6.07) is 15.2. The molecule has 0 saturated carbocycles. The van der Waals surface area contributed by atoms with Crippen molar-refractivity contribution < 1.29 is 5.11 Å². The fourth-order valence-electron chi connectivity index (χ4n) is 1.43. The molecule has 1 aromatic heterocycles. The van der Waals surface area contributed by atoms with E-state index < -0.39 is 6.10 Å². The fraction of sp³-hybridized carbons (Fsp3) is 0.0714. The van der Waals surface area contributed by atoms with Crippen LogP contribution in [0.25, 0.3) is 6.08 Å². The Hall–Kier alpha value is -1.93. The molecule has 0 aliphatic carbocycles. The average Bonchev–Trinajstić information content (AvgIpc) is 2.38. The van der Waals surface area contributed by atoms with E-state index in [1.807, 2.05) is 54.6 Å². The molecule has 0 radical (unpaired) electrons. The number of pyridine rings is 1. The summed E-state index contributed by atoms with van der Waals surface area (Å²) in [6.45, 7) is 0. The number of aliphatic hydroxyl groups is 1. The lowest BCUT2D eigenvalue weighted by Crippen LogP contribution is -1.91. The van der Waals surface area contributed by atoms with Crippen molar-refractivity contribution in [1.82, 2.24) is 4.98 Å². The van der Waals surface area contributed by atoms with Gasteiger partial charge in [-0.2, -0.15) is 0 Å². The van der Waals surface area contributed by atoms with Gasteiger partial charge in [0.05, 0.1) is 11.8 Å². The van der Waals surface area contributed by atoms with Crippen LogP contribution in [-0.4, -0.2) is 10.1 Å². The number of rotatable bonds is 3. The Bertz CT molecular complexity index is 451. The fourth-order valence-corrected chi connectivity index (χ4v) is 1.43. The number of aromatic nitrogens is 1. The van der Waals surface area contributed by atoms with Crippen LogP contribution in [0.1, 0.15) is 17.4 Å². The van der Waals surface area contributed by atoms with E-state index in [1.165, 1.54) is 0 Å². The lowest BCUT2D eigenvalue weighted by atomic mass is 10.1. The molecule has 16 heavy (non-hydrogen) atoms. The largest absolute Gasteiger partial charge is 0.384 e. The maximum Gasteiger partial charge on any atom is 0.0975 e. The van der Waals surface area contributed by atoms with Crippen molar-refractivity contribution in [1.29, 1.82) is 0 Å². The highest BCUT2D eigenvalue weighted by atomic mass is 16.3. The first-order chi connectivity index (χ1) is 7.86. The van der Waals surface area contributed by atoms with Crippen LogP contribution >= 0.6 is 0 Å². The van der Waals surface area contributed by atoms with Gasteiger partial charge in [-0.1, -0.05) is 36.4 Å². The van der Waals surface area contributed by atoms with Crippen LogP contribution < -0.4 is 0 Å². The third kappa shape index (κ3) is 2.78. The summed E-state index contributed by atoms with van der Waals surface area (Å²) in [5, 5.41) is 9.87. The Morgan fingerprint density at radius 1 is 1.00 bits per heavy atom. The van der Waals surface area contributed by atoms with Crippen molar-refractivity contribution in [3.05, 3.63) is 72.1 Å². The van der Waals surface area contributed by atoms with Crippen molar-refractivity contribution in [2.45, 2.75) is 6.10 Å². The topological polar surface area (TPSA) is 33.1 Å². The van der Waals surface area contributed by atoms with E-state index in [0.717, 1.165) is 11.3 Å². The molecule has 0 fully saturated rings. The molecule has 1 atom stereocenters. The standard InChI is InChI=1S/C14H13NO/c16-14(12-6-2-1-3-7-12)10-9-13-8-4-5-11-15-13/h1-11,14,16H/b10-9+. The molecule has 2 aromatic rings. The van der Waals surface area contributed by atoms with Crippen LogP contribution in [0.15, 0.2) is 60.8 Å². The van der Waals surface area contributed by atoms with Gasteiger partial charge in [0.2, 0.25) is 0 Å². The highest BCUT2D eigenvalue weighted by Crippen LogP contribution is 2.14. The minimum Gasteiger partial charge on any atom is -0.384 e. The SMILES string of the molecule is OC(/C=C/c1ccccn1)c1ccccc1. The zero-order chi connectivity index (χ0) is 11.2. The Labute approximate surface area is 94.9 Å². The Balaban J connectivity index is 2.08. The van der Waals surface area contributed by atoms with Crippen LogP contribution in [0, 0.1) is 0 Å². The van der Waals surface area contributed by atoms with Gasteiger partial charge < -0.3 is 5.11 Å². The summed E-state index contributed by atoms with van der Waals surface area (Å²) >= 11 is 0. The molecule has 0 aliphatic heterocycles. The first kappa shape index (κ1) is 10.6. The van der Waals surface area contributed by atoms with Gasteiger partial charge in [0, 0.05) is 6.20 Å². The zero-order valence-electron chi connectivity index (χ0n) is 8.82. The predicted molar refractivity (Wildman–Crippen MR) is 64.7 cm³/mol. The molecule has 0 spiro atoms. The molecule has 2 nitrogen and oxygen atoms in total. The monoisotopic (exact) mass is 211 g/mol. The van der Waals surface area contributed by atoms with Gasteiger partial charge in [-0.15, -0.1) is 0 Å². The van der Waals surface area contributed by atoms with Crippen molar-refractivity contribution in [3.8, 4) is 0 Å². The summed E-state index contributed by atoms with van der Waals surface area (Å²) < 4.78 is 0. The van der Waals surface area contributed by atoms with Crippen molar-refractivity contribution in [2.24, 2.45) is 0 Å². The van der Waals surface area contributed by atoms with Crippen LogP contribution in [-0.2, 0) is 0 Å². The summed E-state index contributed by atoms with van der Waals surface area (Å²) in [4.78, 5) is 4.15. The highest BCUT2D eigenvalue weighted by Gasteiger charge is 2.00. The van der Waals surface area contributed by atoms with Gasteiger partial charge in [-0.3, -0.25) is 4.98 Å². The van der Waals surface area contributed by atoms with Crippen LogP contribution in [0.5, 0.6) is 0 Å². The molecule has 1 N–H and O–H groups in total. The zero-order valence-corrected chi connectivity index (χ0v) is 8.82. The van der Waals surface area contributed by atoms with E-state index in [4.69, 9.17) is 0 Å². The van der Waals surface area contributed by atoms with E-state index in [0.29, 0.717) is 0 Å². The second kappa shape index (κ2) is 5.24. The summed E-state index contributed by atoms with van der Waals surface area (Å²) in [7, 11) is 0. The van der Waals surface area contributed by atoms with E-state index in [1.54, 1.807) is 12.3 Å². The number of benzene rings is 1.